The number of fused-ring (bicyclic) bond motifs is 1. The summed E-state index contributed by atoms with van der Waals surface area (Å²) in [6.45, 7) is 1.07. The summed E-state index contributed by atoms with van der Waals surface area (Å²) < 4.78 is 23.4. The predicted molar refractivity (Wildman–Crippen MR) is 121 cm³/mol. The number of hydrogen-bond donors (Lipinski definition) is 1. The summed E-state index contributed by atoms with van der Waals surface area (Å²) >= 11 is 15.7. The van der Waals surface area contributed by atoms with Crippen molar-refractivity contribution in [2.75, 3.05) is 19.2 Å². The molecule has 0 bridgehead atoms. The SMILES string of the molecule is COc1ccc(Br)c(CNc2ccc3c(c2)OCO3)c1OCc1ccc(Cl)c(Cl)c1. The molecule has 5 nitrogen and oxygen atoms in total. The topological polar surface area (TPSA) is 49.0 Å². The highest BCUT2D eigenvalue weighted by Crippen LogP contribution is 2.39. The fourth-order valence-electron chi connectivity index (χ4n) is 3.05. The smallest absolute Gasteiger partial charge is 0.231 e. The Kier molecular flexibility index (Phi) is 6.46. The molecule has 1 aliphatic rings. The molecule has 0 saturated carbocycles. The molecule has 0 fully saturated rings. The van der Waals surface area contributed by atoms with Crippen LogP contribution in [0, 0.1) is 0 Å². The largest absolute Gasteiger partial charge is 0.493 e. The average molecular weight is 511 g/mol. The van der Waals surface area contributed by atoms with Crippen molar-refractivity contribution in [3.05, 3.63) is 74.2 Å². The van der Waals surface area contributed by atoms with Crippen LogP contribution in [0.25, 0.3) is 0 Å². The van der Waals surface area contributed by atoms with Crippen LogP contribution in [0.1, 0.15) is 11.1 Å². The average Bonchev–Trinajstić information content (AvgIpc) is 3.22. The Balaban J connectivity index is 1.55. The second-order valence-electron chi connectivity index (χ2n) is 6.52. The van der Waals surface area contributed by atoms with Crippen LogP contribution in [0.5, 0.6) is 23.0 Å². The summed E-state index contributed by atoms with van der Waals surface area (Å²) in [5, 5.41) is 4.40. The third kappa shape index (κ3) is 4.56. The van der Waals surface area contributed by atoms with Crippen molar-refractivity contribution in [3.63, 3.8) is 0 Å². The van der Waals surface area contributed by atoms with Crippen molar-refractivity contribution in [2.45, 2.75) is 13.2 Å². The maximum Gasteiger partial charge on any atom is 0.231 e. The molecule has 0 aliphatic carbocycles. The molecule has 30 heavy (non-hydrogen) atoms. The van der Waals surface area contributed by atoms with E-state index in [9.17, 15) is 0 Å². The first kappa shape index (κ1) is 21.0. The highest BCUT2D eigenvalue weighted by Gasteiger charge is 2.17. The normalized spacial score (nSPS) is 12.0. The standard InChI is InChI=1S/C22H18BrCl2NO4/c1-27-20-7-4-16(23)15(10-26-14-3-6-19-21(9-14)30-12-29-19)22(20)28-11-13-2-5-17(24)18(25)8-13/h2-9,26H,10-12H2,1H3. The molecule has 1 N–H and O–H groups in total. The van der Waals surface area contributed by atoms with Gasteiger partial charge in [-0.05, 0) is 42.0 Å². The lowest BCUT2D eigenvalue weighted by molar-refractivity contribution is 0.174. The Morgan fingerprint density at radius 2 is 1.83 bits per heavy atom. The molecule has 0 atom stereocenters. The molecule has 1 heterocycles. The molecule has 0 radical (unpaired) electrons. The van der Waals surface area contributed by atoms with Crippen LogP contribution in [0.2, 0.25) is 10.0 Å². The van der Waals surface area contributed by atoms with Gasteiger partial charge in [-0.2, -0.15) is 0 Å². The van der Waals surface area contributed by atoms with Crippen LogP contribution in [0.4, 0.5) is 5.69 Å². The molecule has 0 spiro atoms. The maximum absolute atomic E-state index is 6.14. The van der Waals surface area contributed by atoms with Gasteiger partial charge in [0.1, 0.15) is 6.61 Å². The van der Waals surface area contributed by atoms with Crippen LogP contribution >= 0.6 is 39.1 Å². The summed E-state index contributed by atoms with van der Waals surface area (Å²) in [5.41, 5.74) is 2.73. The summed E-state index contributed by atoms with van der Waals surface area (Å²) in [7, 11) is 1.62. The van der Waals surface area contributed by atoms with Crippen LogP contribution < -0.4 is 24.3 Å². The van der Waals surface area contributed by atoms with Gasteiger partial charge in [-0.15, -0.1) is 0 Å². The Hall–Kier alpha value is -2.28. The number of methoxy groups -OCH3 is 1. The molecule has 0 aromatic heterocycles. The lowest BCUT2D eigenvalue weighted by atomic mass is 10.1. The van der Waals surface area contributed by atoms with Crippen LogP contribution in [0.3, 0.4) is 0 Å². The number of ether oxygens (including phenoxy) is 4. The molecule has 0 amide bonds. The Labute approximate surface area is 192 Å². The predicted octanol–water partition coefficient (Wildman–Crippen LogP) is 6.68. The first-order valence-corrected chi connectivity index (χ1v) is 10.7. The van der Waals surface area contributed by atoms with E-state index >= 15 is 0 Å². The Morgan fingerprint density at radius 3 is 2.63 bits per heavy atom. The first-order chi connectivity index (χ1) is 14.5. The van der Waals surface area contributed by atoms with Crippen molar-refractivity contribution in [1.29, 1.82) is 0 Å². The van der Waals surface area contributed by atoms with Crippen LogP contribution in [-0.4, -0.2) is 13.9 Å². The lowest BCUT2D eigenvalue weighted by Crippen LogP contribution is -2.06. The zero-order valence-electron chi connectivity index (χ0n) is 16.0. The quantitative estimate of drug-likeness (QED) is 0.384. The minimum absolute atomic E-state index is 0.243. The molecule has 156 valence electrons. The molecular weight excluding hydrogens is 493 g/mol. The molecule has 4 rings (SSSR count). The van der Waals surface area contributed by atoms with Gasteiger partial charge in [0.25, 0.3) is 0 Å². The Bertz CT molecular complexity index is 1080. The van der Waals surface area contributed by atoms with E-state index in [-0.39, 0.29) is 6.79 Å². The molecular formula is C22H18BrCl2NO4. The van der Waals surface area contributed by atoms with Gasteiger partial charge in [0, 0.05) is 28.3 Å². The molecule has 0 unspecified atom stereocenters. The molecule has 1 aliphatic heterocycles. The number of halogens is 3. The highest BCUT2D eigenvalue weighted by molar-refractivity contribution is 9.10. The summed E-state index contributed by atoms with van der Waals surface area (Å²) in [6, 6.07) is 14.9. The maximum atomic E-state index is 6.14. The fourth-order valence-corrected chi connectivity index (χ4v) is 3.82. The van der Waals surface area contributed by atoms with Gasteiger partial charge < -0.3 is 24.3 Å². The van der Waals surface area contributed by atoms with Gasteiger partial charge in [0.05, 0.1) is 17.2 Å². The molecule has 8 heteroatoms. The number of benzene rings is 3. The van der Waals surface area contributed by atoms with E-state index in [1.165, 1.54) is 0 Å². The van der Waals surface area contributed by atoms with Crippen molar-refractivity contribution in [2.24, 2.45) is 0 Å². The zero-order valence-corrected chi connectivity index (χ0v) is 19.1. The second-order valence-corrected chi connectivity index (χ2v) is 8.18. The van der Waals surface area contributed by atoms with E-state index in [4.69, 9.17) is 42.1 Å². The van der Waals surface area contributed by atoms with Crippen molar-refractivity contribution < 1.29 is 18.9 Å². The van der Waals surface area contributed by atoms with Gasteiger partial charge in [-0.25, -0.2) is 0 Å². The lowest BCUT2D eigenvalue weighted by Gasteiger charge is -2.18. The molecule has 3 aromatic carbocycles. The number of hydrogen-bond acceptors (Lipinski definition) is 5. The zero-order chi connectivity index (χ0) is 21.1. The third-order valence-electron chi connectivity index (χ3n) is 4.60. The monoisotopic (exact) mass is 509 g/mol. The van der Waals surface area contributed by atoms with Gasteiger partial charge in [0.2, 0.25) is 6.79 Å². The third-order valence-corrected chi connectivity index (χ3v) is 6.08. The minimum atomic E-state index is 0.243. The van der Waals surface area contributed by atoms with E-state index in [0.717, 1.165) is 32.8 Å². The van der Waals surface area contributed by atoms with Gasteiger partial charge in [-0.1, -0.05) is 45.2 Å². The number of rotatable bonds is 7. The van der Waals surface area contributed by atoms with Gasteiger partial charge in [0.15, 0.2) is 23.0 Å². The first-order valence-electron chi connectivity index (χ1n) is 9.11. The van der Waals surface area contributed by atoms with Crippen LogP contribution in [-0.2, 0) is 13.2 Å². The highest BCUT2D eigenvalue weighted by atomic mass is 79.9. The van der Waals surface area contributed by atoms with E-state index < -0.39 is 0 Å². The molecule has 0 saturated heterocycles. The minimum Gasteiger partial charge on any atom is -0.493 e. The molecule has 3 aromatic rings. The summed E-state index contributed by atoms with van der Waals surface area (Å²) in [4.78, 5) is 0. The van der Waals surface area contributed by atoms with Crippen molar-refractivity contribution in [1.82, 2.24) is 0 Å². The summed E-state index contributed by atoms with van der Waals surface area (Å²) in [6.07, 6.45) is 0. The Morgan fingerprint density at radius 1 is 1.00 bits per heavy atom. The van der Waals surface area contributed by atoms with Crippen LogP contribution in [0.15, 0.2) is 53.0 Å². The van der Waals surface area contributed by atoms with Gasteiger partial charge >= 0.3 is 0 Å². The van der Waals surface area contributed by atoms with E-state index in [1.807, 2.05) is 36.4 Å². The number of anilines is 1. The van der Waals surface area contributed by atoms with E-state index in [0.29, 0.717) is 34.7 Å². The van der Waals surface area contributed by atoms with Crippen molar-refractivity contribution in [3.8, 4) is 23.0 Å². The second kappa shape index (κ2) is 9.25. The van der Waals surface area contributed by atoms with Gasteiger partial charge in [-0.3, -0.25) is 0 Å². The summed E-state index contributed by atoms with van der Waals surface area (Å²) in [5.74, 6) is 2.75. The fraction of sp³-hybridized carbons (Fsp3) is 0.182. The number of nitrogens with one attached hydrogen (secondary N) is 1. The van der Waals surface area contributed by atoms with E-state index in [2.05, 4.69) is 21.2 Å². The van der Waals surface area contributed by atoms with Crippen molar-refractivity contribution >= 4 is 44.8 Å². The van der Waals surface area contributed by atoms with E-state index in [1.54, 1.807) is 19.2 Å².